The van der Waals surface area contributed by atoms with Crippen LogP contribution in [0.5, 0.6) is 5.75 Å². The number of benzene rings is 1. The number of nitrogens with two attached hydrogens (primary N) is 1. The SMILES string of the molecule is Cc1cc([C@@H](C)Oc2ccc(Cl)nc2S(N)(=O)=O)c2oc(-c3cnc4ccoc4c3)c(C)c(=O)c2c1. The van der Waals surface area contributed by atoms with E-state index in [1.54, 1.807) is 38.2 Å². The summed E-state index contributed by atoms with van der Waals surface area (Å²) in [6, 6.07) is 9.81. The minimum atomic E-state index is -4.21. The Balaban J connectivity index is 1.68. The molecule has 0 aliphatic carbocycles. The summed E-state index contributed by atoms with van der Waals surface area (Å²) in [4.78, 5) is 21.6. The van der Waals surface area contributed by atoms with E-state index in [1.807, 2.05) is 13.0 Å². The van der Waals surface area contributed by atoms with Crippen molar-refractivity contribution < 1.29 is 22.0 Å². The highest BCUT2D eigenvalue weighted by Crippen LogP contribution is 2.34. The van der Waals surface area contributed by atoms with Crippen LogP contribution >= 0.6 is 11.6 Å². The zero-order valence-electron chi connectivity index (χ0n) is 19.4. The fraction of sp³-hybridized carbons (Fsp3) is 0.160. The number of sulfonamides is 1. The maximum atomic E-state index is 13.4. The molecule has 5 aromatic rings. The molecule has 5 rings (SSSR count). The topological polar surface area (TPSA) is 139 Å². The second-order valence-electron chi connectivity index (χ2n) is 8.39. The number of furan rings is 1. The first kappa shape index (κ1) is 24.0. The number of ether oxygens (including phenoxy) is 1. The van der Waals surface area contributed by atoms with Crippen LogP contribution in [0.25, 0.3) is 33.4 Å². The Morgan fingerprint density at radius 2 is 1.92 bits per heavy atom. The Bertz CT molecular complexity index is 1830. The average molecular weight is 526 g/mol. The van der Waals surface area contributed by atoms with E-state index in [9.17, 15) is 13.2 Å². The van der Waals surface area contributed by atoms with Crippen molar-refractivity contribution in [3.05, 3.63) is 80.9 Å². The molecule has 184 valence electrons. The molecule has 9 nitrogen and oxygen atoms in total. The number of pyridine rings is 2. The van der Waals surface area contributed by atoms with Gasteiger partial charge in [-0.2, -0.15) is 0 Å². The van der Waals surface area contributed by atoms with Crippen molar-refractivity contribution in [3.63, 3.8) is 0 Å². The molecule has 0 spiro atoms. The van der Waals surface area contributed by atoms with Crippen LogP contribution in [0, 0.1) is 13.8 Å². The van der Waals surface area contributed by atoms with Gasteiger partial charge in [-0.3, -0.25) is 9.78 Å². The van der Waals surface area contributed by atoms with E-state index >= 15 is 0 Å². The van der Waals surface area contributed by atoms with Gasteiger partial charge < -0.3 is 13.6 Å². The fourth-order valence-electron chi connectivity index (χ4n) is 4.07. The van der Waals surface area contributed by atoms with Gasteiger partial charge in [-0.25, -0.2) is 18.5 Å². The number of nitrogens with zero attached hydrogens (tertiary/aromatic N) is 2. The molecule has 0 radical (unpaired) electrons. The van der Waals surface area contributed by atoms with Crippen molar-refractivity contribution in [1.82, 2.24) is 9.97 Å². The van der Waals surface area contributed by atoms with Gasteiger partial charge in [0.2, 0.25) is 5.03 Å². The number of hydrogen-bond acceptors (Lipinski definition) is 8. The summed E-state index contributed by atoms with van der Waals surface area (Å²) < 4.78 is 41.8. The highest BCUT2D eigenvalue weighted by molar-refractivity contribution is 7.89. The van der Waals surface area contributed by atoms with Crippen molar-refractivity contribution in [2.24, 2.45) is 5.14 Å². The molecule has 36 heavy (non-hydrogen) atoms. The first-order chi connectivity index (χ1) is 17.0. The van der Waals surface area contributed by atoms with Crippen molar-refractivity contribution in [2.75, 3.05) is 0 Å². The zero-order valence-corrected chi connectivity index (χ0v) is 21.0. The van der Waals surface area contributed by atoms with Crippen molar-refractivity contribution in [2.45, 2.75) is 31.9 Å². The molecular weight excluding hydrogens is 506 g/mol. The standard InChI is InChI=1S/C25H20ClN3O6S/c1-12-8-16(14(3)34-19-4-5-21(26)29-25(19)36(27,31)32)24-17(9-12)22(30)13(2)23(35-24)15-10-20-18(28-11-15)6-7-33-20/h4-11,14H,1-3H3,(H2,27,31,32)/t14-/m1/s1. The quantitative estimate of drug-likeness (QED) is 0.314. The summed E-state index contributed by atoms with van der Waals surface area (Å²) in [7, 11) is -4.21. The number of fused-ring (bicyclic) bond motifs is 2. The minimum absolute atomic E-state index is 0.0479. The first-order valence-corrected chi connectivity index (χ1v) is 12.7. The van der Waals surface area contributed by atoms with Crippen molar-refractivity contribution >= 4 is 43.7 Å². The summed E-state index contributed by atoms with van der Waals surface area (Å²) >= 11 is 5.86. The lowest BCUT2D eigenvalue weighted by molar-refractivity contribution is 0.219. The molecule has 2 N–H and O–H groups in total. The Labute approximate surface area is 210 Å². The number of primary sulfonamides is 1. The zero-order chi connectivity index (χ0) is 25.8. The van der Waals surface area contributed by atoms with Crippen LogP contribution in [0.15, 0.2) is 67.5 Å². The van der Waals surface area contributed by atoms with E-state index in [1.165, 1.54) is 18.4 Å². The molecule has 1 atom stereocenters. The third-order valence-corrected chi connectivity index (χ3v) is 6.80. The Kier molecular flexibility index (Phi) is 5.82. The first-order valence-electron chi connectivity index (χ1n) is 10.8. The normalized spacial score (nSPS) is 12.8. The second kappa shape index (κ2) is 8.74. The average Bonchev–Trinajstić information content (AvgIpc) is 3.29. The molecule has 11 heteroatoms. The van der Waals surface area contributed by atoms with Crippen LogP contribution in [0.1, 0.15) is 29.7 Å². The maximum absolute atomic E-state index is 13.4. The third kappa shape index (κ3) is 4.23. The van der Waals surface area contributed by atoms with Crippen LogP contribution in [0.4, 0.5) is 0 Å². The van der Waals surface area contributed by atoms with E-state index in [-0.39, 0.29) is 16.3 Å². The minimum Gasteiger partial charge on any atom is -0.483 e. The molecule has 0 saturated carbocycles. The highest BCUT2D eigenvalue weighted by atomic mass is 35.5. The summed E-state index contributed by atoms with van der Waals surface area (Å²) in [5, 5.41) is 5.14. The lowest BCUT2D eigenvalue weighted by Crippen LogP contribution is -2.17. The summed E-state index contributed by atoms with van der Waals surface area (Å²) in [5.74, 6) is 0.264. The van der Waals surface area contributed by atoms with Gasteiger partial charge in [-0.05, 0) is 56.7 Å². The van der Waals surface area contributed by atoms with E-state index in [4.69, 9.17) is 30.3 Å². The molecule has 1 aromatic carbocycles. The summed E-state index contributed by atoms with van der Waals surface area (Å²) in [6.45, 7) is 5.23. The number of halogens is 1. The summed E-state index contributed by atoms with van der Waals surface area (Å²) in [5.41, 5.74) is 3.66. The molecule has 0 bridgehead atoms. The smallest absolute Gasteiger partial charge is 0.259 e. The van der Waals surface area contributed by atoms with Crippen LogP contribution in [-0.2, 0) is 10.0 Å². The van der Waals surface area contributed by atoms with Gasteiger partial charge in [0, 0.05) is 29.0 Å². The molecule has 0 aliphatic rings. The fourth-order valence-corrected chi connectivity index (χ4v) is 4.89. The molecule has 0 unspecified atom stereocenters. The second-order valence-corrected chi connectivity index (χ2v) is 10.3. The number of hydrogen-bond donors (Lipinski definition) is 1. The molecule has 0 amide bonds. The predicted octanol–water partition coefficient (Wildman–Crippen LogP) is 5.05. The Morgan fingerprint density at radius 3 is 2.67 bits per heavy atom. The Hall–Kier alpha value is -3.73. The monoisotopic (exact) mass is 525 g/mol. The summed E-state index contributed by atoms with van der Waals surface area (Å²) in [6.07, 6.45) is 2.40. The van der Waals surface area contributed by atoms with Crippen molar-refractivity contribution in [1.29, 1.82) is 0 Å². The van der Waals surface area contributed by atoms with E-state index in [0.717, 1.165) is 5.56 Å². The van der Waals surface area contributed by atoms with Gasteiger partial charge in [-0.15, -0.1) is 0 Å². The van der Waals surface area contributed by atoms with Crippen LogP contribution in [0.2, 0.25) is 5.15 Å². The van der Waals surface area contributed by atoms with Gasteiger partial charge in [-0.1, -0.05) is 11.6 Å². The Morgan fingerprint density at radius 1 is 1.14 bits per heavy atom. The van der Waals surface area contributed by atoms with Gasteiger partial charge in [0.1, 0.15) is 28.1 Å². The maximum Gasteiger partial charge on any atom is 0.259 e. The van der Waals surface area contributed by atoms with Crippen LogP contribution < -0.4 is 15.3 Å². The van der Waals surface area contributed by atoms with Crippen LogP contribution in [-0.4, -0.2) is 18.4 Å². The third-order valence-electron chi connectivity index (χ3n) is 5.76. The van der Waals surface area contributed by atoms with E-state index in [0.29, 0.717) is 44.5 Å². The number of rotatable bonds is 5. The van der Waals surface area contributed by atoms with Gasteiger partial charge >= 0.3 is 0 Å². The van der Waals surface area contributed by atoms with E-state index in [2.05, 4.69) is 9.97 Å². The lowest BCUT2D eigenvalue weighted by Gasteiger charge is -2.19. The van der Waals surface area contributed by atoms with Gasteiger partial charge in [0.05, 0.1) is 11.6 Å². The van der Waals surface area contributed by atoms with Crippen LogP contribution in [0.3, 0.4) is 0 Å². The number of aromatic nitrogens is 2. The largest absolute Gasteiger partial charge is 0.483 e. The van der Waals surface area contributed by atoms with Crippen molar-refractivity contribution in [3.8, 4) is 17.1 Å². The lowest BCUT2D eigenvalue weighted by atomic mass is 10.00. The van der Waals surface area contributed by atoms with E-state index < -0.39 is 21.2 Å². The molecule has 0 aliphatic heterocycles. The highest BCUT2D eigenvalue weighted by Gasteiger charge is 2.24. The molecular formula is C25H20ClN3O6S. The predicted molar refractivity (Wildman–Crippen MR) is 135 cm³/mol. The van der Waals surface area contributed by atoms with Gasteiger partial charge in [0.25, 0.3) is 10.0 Å². The number of aryl methyl sites for hydroxylation is 1. The molecule has 4 aromatic heterocycles. The molecule has 4 heterocycles. The molecule has 0 fully saturated rings. The van der Waals surface area contributed by atoms with Gasteiger partial charge in [0.15, 0.2) is 16.8 Å². The molecule has 0 saturated heterocycles.